The first kappa shape index (κ1) is 14.8. The molecule has 0 saturated carbocycles. The van der Waals surface area contributed by atoms with Gasteiger partial charge in [-0.25, -0.2) is 0 Å². The van der Waals surface area contributed by atoms with Gasteiger partial charge in [0.05, 0.1) is 6.61 Å². The van der Waals surface area contributed by atoms with Crippen LogP contribution in [0.3, 0.4) is 0 Å². The van der Waals surface area contributed by atoms with Gasteiger partial charge < -0.3 is 4.74 Å². The summed E-state index contributed by atoms with van der Waals surface area (Å²) in [5, 5.41) is -0.216. The fourth-order valence-electron chi connectivity index (χ4n) is 1.49. The van der Waals surface area contributed by atoms with Gasteiger partial charge >= 0.3 is 5.97 Å². The van der Waals surface area contributed by atoms with Gasteiger partial charge in [0.25, 0.3) is 0 Å². The second-order valence-electron chi connectivity index (χ2n) is 3.85. The molecule has 0 aliphatic carbocycles. The van der Waals surface area contributed by atoms with Gasteiger partial charge in [-0.1, -0.05) is 19.1 Å². The minimum absolute atomic E-state index is 0.0293. The number of hydrogen-bond acceptors (Lipinski definition) is 4. The van der Waals surface area contributed by atoms with E-state index in [2.05, 4.69) is 0 Å². The van der Waals surface area contributed by atoms with E-state index in [-0.39, 0.29) is 17.0 Å². The molecule has 1 atom stereocenters. The first-order chi connectivity index (χ1) is 8.58. The third-order valence-corrected chi connectivity index (χ3v) is 3.78. The fourth-order valence-corrected chi connectivity index (χ4v) is 2.50. The smallest absolute Gasteiger partial charge is 0.319 e. The predicted molar refractivity (Wildman–Crippen MR) is 73.0 cm³/mol. The van der Waals surface area contributed by atoms with Crippen molar-refractivity contribution < 1.29 is 14.3 Å². The minimum Gasteiger partial charge on any atom is -0.465 e. The third-order valence-electron chi connectivity index (χ3n) is 2.44. The quantitative estimate of drug-likeness (QED) is 0.450. The molecule has 0 aliphatic heterocycles. The van der Waals surface area contributed by atoms with Crippen molar-refractivity contribution in [1.29, 1.82) is 0 Å². The highest BCUT2D eigenvalue weighted by Crippen LogP contribution is 2.27. The Morgan fingerprint density at radius 3 is 2.61 bits per heavy atom. The molecule has 1 rings (SSSR count). The lowest BCUT2D eigenvalue weighted by Crippen LogP contribution is -2.19. The molecule has 98 valence electrons. The summed E-state index contributed by atoms with van der Waals surface area (Å²) >= 11 is 1.44. The van der Waals surface area contributed by atoms with E-state index in [1.165, 1.54) is 18.7 Å². The molecule has 0 amide bonds. The van der Waals surface area contributed by atoms with Crippen LogP contribution in [0, 0.1) is 0 Å². The van der Waals surface area contributed by atoms with Crippen LogP contribution in [0.1, 0.15) is 37.6 Å². The summed E-state index contributed by atoms with van der Waals surface area (Å²) in [7, 11) is 0. The van der Waals surface area contributed by atoms with Crippen LogP contribution in [0.4, 0.5) is 0 Å². The number of Topliss-reactive ketones (excluding diaryl/α,β-unsaturated/α-hetero) is 1. The van der Waals surface area contributed by atoms with Crippen molar-refractivity contribution in [2.24, 2.45) is 0 Å². The van der Waals surface area contributed by atoms with E-state index in [0.29, 0.717) is 18.6 Å². The standard InChI is InChI=1S/C14H18O3S/c1-4-13(14(16)17-5-2)18-12-8-6-7-11(9-12)10(3)15/h6-9,13H,4-5H2,1-3H3. The van der Waals surface area contributed by atoms with Crippen LogP contribution < -0.4 is 0 Å². The Morgan fingerprint density at radius 2 is 2.06 bits per heavy atom. The number of hydrogen-bond donors (Lipinski definition) is 0. The molecule has 1 unspecified atom stereocenters. The van der Waals surface area contributed by atoms with E-state index >= 15 is 0 Å². The SMILES string of the molecule is CCOC(=O)C(CC)Sc1cccc(C(C)=O)c1. The van der Waals surface area contributed by atoms with Crippen molar-refractivity contribution in [3.63, 3.8) is 0 Å². The van der Waals surface area contributed by atoms with Crippen LogP contribution >= 0.6 is 11.8 Å². The van der Waals surface area contributed by atoms with Gasteiger partial charge in [-0.3, -0.25) is 9.59 Å². The Bertz CT molecular complexity index is 429. The maximum absolute atomic E-state index is 11.7. The van der Waals surface area contributed by atoms with Crippen molar-refractivity contribution in [3.05, 3.63) is 29.8 Å². The Balaban J connectivity index is 2.78. The van der Waals surface area contributed by atoms with Crippen molar-refractivity contribution in [2.45, 2.75) is 37.3 Å². The lowest BCUT2D eigenvalue weighted by Gasteiger charge is -2.13. The van der Waals surface area contributed by atoms with Crippen LogP contribution in [0.15, 0.2) is 29.2 Å². The largest absolute Gasteiger partial charge is 0.465 e. The first-order valence-electron chi connectivity index (χ1n) is 6.02. The number of benzene rings is 1. The number of esters is 1. The lowest BCUT2D eigenvalue weighted by molar-refractivity contribution is -0.142. The topological polar surface area (TPSA) is 43.4 Å². The van der Waals surface area contributed by atoms with E-state index in [9.17, 15) is 9.59 Å². The summed E-state index contributed by atoms with van der Waals surface area (Å²) < 4.78 is 5.02. The minimum atomic E-state index is -0.216. The summed E-state index contributed by atoms with van der Waals surface area (Å²) in [6.45, 7) is 5.67. The van der Waals surface area contributed by atoms with E-state index in [4.69, 9.17) is 4.74 Å². The second kappa shape index (κ2) is 7.21. The molecular weight excluding hydrogens is 248 g/mol. The van der Waals surface area contributed by atoms with Crippen molar-refractivity contribution >= 4 is 23.5 Å². The number of thioether (sulfide) groups is 1. The maximum atomic E-state index is 11.7. The van der Waals surface area contributed by atoms with Gasteiger partial charge in [0.2, 0.25) is 0 Å². The average molecular weight is 266 g/mol. The highest BCUT2D eigenvalue weighted by Gasteiger charge is 2.19. The normalized spacial score (nSPS) is 11.9. The molecule has 0 N–H and O–H groups in total. The molecule has 3 nitrogen and oxygen atoms in total. The molecule has 0 heterocycles. The van der Waals surface area contributed by atoms with E-state index in [0.717, 1.165) is 4.90 Å². The summed E-state index contributed by atoms with van der Waals surface area (Å²) in [6, 6.07) is 7.32. The zero-order chi connectivity index (χ0) is 13.5. The van der Waals surface area contributed by atoms with Gasteiger partial charge in [0, 0.05) is 10.5 Å². The van der Waals surface area contributed by atoms with Crippen LogP contribution in [0.2, 0.25) is 0 Å². The number of rotatable bonds is 6. The fraction of sp³-hybridized carbons (Fsp3) is 0.429. The zero-order valence-corrected chi connectivity index (χ0v) is 11.8. The number of ketones is 1. The summed E-state index contributed by atoms with van der Waals surface area (Å²) in [4.78, 5) is 23.9. The highest BCUT2D eigenvalue weighted by molar-refractivity contribution is 8.00. The molecule has 4 heteroatoms. The predicted octanol–water partition coefficient (Wildman–Crippen LogP) is 3.32. The molecule has 1 aromatic rings. The molecule has 1 aromatic carbocycles. The number of ether oxygens (including phenoxy) is 1. The van der Waals surface area contributed by atoms with Gasteiger partial charge in [-0.15, -0.1) is 11.8 Å². The van der Waals surface area contributed by atoms with Crippen molar-refractivity contribution in [2.75, 3.05) is 6.61 Å². The summed E-state index contributed by atoms with van der Waals surface area (Å²) in [5.41, 5.74) is 0.665. The second-order valence-corrected chi connectivity index (χ2v) is 5.13. The molecule has 0 radical (unpaired) electrons. The Kier molecular flexibility index (Phi) is 5.92. The Morgan fingerprint density at radius 1 is 1.33 bits per heavy atom. The average Bonchev–Trinajstić information content (AvgIpc) is 2.36. The van der Waals surface area contributed by atoms with Gasteiger partial charge in [-0.05, 0) is 32.4 Å². The van der Waals surface area contributed by atoms with E-state index in [1.54, 1.807) is 13.0 Å². The summed E-state index contributed by atoms with van der Waals surface area (Å²) in [6.07, 6.45) is 0.702. The van der Waals surface area contributed by atoms with Crippen molar-refractivity contribution in [1.82, 2.24) is 0 Å². The highest BCUT2D eigenvalue weighted by atomic mass is 32.2. The third kappa shape index (κ3) is 4.18. The molecule has 18 heavy (non-hydrogen) atoms. The first-order valence-corrected chi connectivity index (χ1v) is 6.90. The molecular formula is C14H18O3S. The summed E-state index contributed by atoms with van der Waals surface area (Å²) in [5.74, 6) is -0.167. The van der Waals surface area contributed by atoms with E-state index < -0.39 is 0 Å². The van der Waals surface area contributed by atoms with Crippen LogP contribution in [0.25, 0.3) is 0 Å². The number of carbonyl (C=O) groups excluding carboxylic acids is 2. The van der Waals surface area contributed by atoms with Crippen LogP contribution in [0.5, 0.6) is 0 Å². The van der Waals surface area contributed by atoms with Crippen LogP contribution in [-0.2, 0) is 9.53 Å². The molecule has 0 bridgehead atoms. The molecule has 0 aliphatic rings. The molecule has 0 fully saturated rings. The Labute approximate surface area is 112 Å². The van der Waals surface area contributed by atoms with Crippen molar-refractivity contribution in [3.8, 4) is 0 Å². The lowest BCUT2D eigenvalue weighted by atomic mass is 10.2. The zero-order valence-electron chi connectivity index (χ0n) is 10.9. The molecule has 0 saturated heterocycles. The van der Waals surface area contributed by atoms with Gasteiger partial charge in [0.1, 0.15) is 5.25 Å². The van der Waals surface area contributed by atoms with Crippen LogP contribution in [-0.4, -0.2) is 23.6 Å². The van der Waals surface area contributed by atoms with E-state index in [1.807, 2.05) is 25.1 Å². The number of carbonyl (C=O) groups is 2. The molecule has 0 spiro atoms. The van der Waals surface area contributed by atoms with Gasteiger partial charge in [-0.2, -0.15) is 0 Å². The molecule has 0 aromatic heterocycles. The maximum Gasteiger partial charge on any atom is 0.319 e. The monoisotopic (exact) mass is 266 g/mol. The van der Waals surface area contributed by atoms with Gasteiger partial charge in [0.15, 0.2) is 5.78 Å². The Hall–Kier alpha value is -1.29.